The molecule has 256 valence electrons. The number of aromatic amines is 1. The summed E-state index contributed by atoms with van der Waals surface area (Å²) in [7, 11) is 3.98. The third-order valence-corrected chi connectivity index (χ3v) is 10.2. The molecule has 48 heavy (non-hydrogen) atoms. The van der Waals surface area contributed by atoms with E-state index in [0.29, 0.717) is 50.6 Å². The smallest absolute Gasteiger partial charge is 0.397 e. The van der Waals surface area contributed by atoms with E-state index in [-0.39, 0.29) is 47.0 Å². The Kier molecular flexibility index (Phi) is 9.45. The molecule has 0 saturated carbocycles. The van der Waals surface area contributed by atoms with Gasteiger partial charge in [0.2, 0.25) is 11.8 Å². The number of imidazole rings is 1. The van der Waals surface area contributed by atoms with E-state index in [2.05, 4.69) is 14.9 Å². The number of rotatable bonds is 7. The summed E-state index contributed by atoms with van der Waals surface area (Å²) in [6.07, 6.45) is -0.734. The van der Waals surface area contributed by atoms with Crippen molar-refractivity contribution in [1.29, 1.82) is 0 Å². The number of pyridine rings is 1. The van der Waals surface area contributed by atoms with Gasteiger partial charge in [-0.25, -0.2) is 4.79 Å². The van der Waals surface area contributed by atoms with Gasteiger partial charge in [-0.3, -0.25) is 19.1 Å². The normalized spacial score (nSPS) is 17.5. The highest BCUT2D eigenvalue weighted by atomic mass is 35.5. The highest BCUT2D eigenvalue weighted by Gasteiger charge is 2.36. The predicted molar refractivity (Wildman–Crippen MR) is 179 cm³/mol. The summed E-state index contributed by atoms with van der Waals surface area (Å²) in [4.78, 5) is 53.8. The summed E-state index contributed by atoms with van der Waals surface area (Å²) < 4.78 is 43.0. The number of fused-ring (bicyclic) bond motifs is 3. The SMILES string of the molecule is CN(C)C1CCN(C(=O)[C@H](CC(=O)N2CCC(n3c(=O)[nH]c4c5ccccc5ncc43)CC2)Cc2cc(Cl)c(N)c(C(F)(F)F)c2)CC1. The fraction of sp³-hybridized carbons (Fsp3) is 0.471. The fourth-order valence-electron chi connectivity index (χ4n) is 7.22. The first kappa shape index (κ1) is 33.8. The molecule has 0 radical (unpaired) electrons. The van der Waals surface area contributed by atoms with E-state index >= 15 is 0 Å². The molecule has 10 nitrogen and oxygen atoms in total. The molecular formula is C34H39ClF3N7O3. The van der Waals surface area contributed by atoms with Crippen molar-refractivity contribution in [3.05, 3.63) is 69.2 Å². The summed E-state index contributed by atoms with van der Waals surface area (Å²) >= 11 is 6.11. The van der Waals surface area contributed by atoms with Crippen LogP contribution in [0.4, 0.5) is 18.9 Å². The number of amides is 2. The van der Waals surface area contributed by atoms with E-state index < -0.39 is 23.3 Å². The van der Waals surface area contributed by atoms with E-state index in [1.165, 1.54) is 6.07 Å². The number of hydrogen-bond donors (Lipinski definition) is 2. The maximum Gasteiger partial charge on any atom is 0.418 e. The number of anilines is 1. The van der Waals surface area contributed by atoms with E-state index in [0.717, 1.165) is 35.3 Å². The Morgan fingerprint density at radius 3 is 2.40 bits per heavy atom. The largest absolute Gasteiger partial charge is 0.418 e. The van der Waals surface area contributed by atoms with E-state index in [9.17, 15) is 27.6 Å². The Balaban J connectivity index is 1.19. The number of H-pyrrole nitrogens is 1. The maximum atomic E-state index is 13.9. The summed E-state index contributed by atoms with van der Waals surface area (Å²) in [6, 6.07) is 10.0. The molecule has 6 rings (SSSR count). The molecule has 2 saturated heterocycles. The molecule has 3 N–H and O–H groups in total. The van der Waals surface area contributed by atoms with Crippen molar-refractivity contribution in [1.82, 2.24) is 29.2 Å². The maximum absolute atomic E-state index is 13.9. The van der Waals surface area contributed by atoms with Gasteiger partial charge in [0.05, 0.1) is 44.9 Å². The van der Waals surface area contributed by atoms with Crippen LogP contribution >= 0.6 is 11.6 Å². The van der Waals surface area contributed by atoms with Gasteiger partial charge >= 0.3 is 11.9 Å². The van der Waals surface area contributed by atoms with Gasteiger partial charge in [0.25, 0.3) is 0 Å². The number of carbonyl (C=O) groups is 2. The predicted octanol–water partition coefficient (Wildman–Crippen LogP) is 5.10. The number of halogens is 4. The van der Waals surface area contributed by atoms with Crippen LogP contribution in [0.15, 0.2) is 47.4 Å². The van der Waals surface area contributed by atoms with Gasteiger partial charge in [-0.15, -0.1) is 0 Å². The lowest BCUT2D eigenvalue weighted by atomic mass is 9.91. The molecule has 1 atom stereocenters. The van der Waals surface area contributed by atoms with Crippen LogP contribution < -0.4 is 11.4 Å². The monoisotopic (exact) mass is 685 g/mol. The Morgan fingerprint density at radius 2 is 1.73 bits per heavy atom. The number of likely N-dealkylation sites (tertiary alicyclic amines) is 2. The van der Waals surface area contributed by atoms with E-state index in [1.807, 2.05) is 38.4 Å². The Morgan fingerprint density at radius 1 is 1.06 bits per heavy atom. The third-order valence-electron chi connectivity index (χ3n) is 9.90. The lowest BCUT2D eigenvalue weighted by Gasteiger charge is -2.37. The molecule has 0 aliphatic carbocycles. The van der Waals surface area contributed by atoms with E-state index in [1.54, 1.807) is 20.6 Å². The van der Waals surface area contributed by atoms with Gasteiger partial charge in [0.1, 0.15) is 0 Å². The Hall–Kier alpha value is -4.10. The summed E-state index contributed by atoms with van der Waals surface area (Å²) in [5.74, 6) is -1.41. The molecule has 14 heteroatoms. The van der Waals surface area contributed by atoms with Gasteiger partial charge in [-0.2, -0.15) is 13.2 Å². The number of piperidine rings is 2. The standard InChI is InChI=1S/C34H39ClF3N7O3/c1-42(2)22-7-13-44(14-8-22)32(47)21(15-20-16-25(34(36,37)38)30(39)26(35)17-20)18-29(46)43-11-9-23(10-12-43)45-28-19-40-27-6-4-3-5-24(27)31(28)41-33(45)48/h3-6,16-17,19,21-23H,7-15,18,39H2,1-2H3,(H,41,48)/t21-/m0/s1. The van der Waals surface area contributed by atoms with Crippen molar-refractivity contribution < 1.29 is 22.8 Å². The quantitative estimate of drug-likeness (QED) is 0.262. The van der Waals surface area contributed by atoms with Crippen molar-refractivity contribution in [3.8, 4) is 0 Å². The van der Waals surface area contributed by atoms with Crippen LogP contribution in [-0.4, -0.2) is 87.4 Å². The van der Waals surface area contributed by atoms with Crippen LogP contribution in [0.3, 0.4) is 0 Å². The third kappa shape index (κ3) is 6.75. The zero-order chi connectivity index (χ0) is 34.3. The van der Waals surface area contributed by atoms with Crippen LogP contribution in [0.25, 0.3) is 21.9 Å². The molecule has 0 bridgehead atoms. The second-order valence-electron chi connectivity index (χ2n) is 13.1. The molecule has 0 unspecified atom stereocenters. The number of hydrogen-bond acceptors (Lipinski definition) is 6. The molecule has 2 aliphatic rings. The molecule has 4 heterocycles. The lowest BCUT2D eigenvalue weighted by Crippen LogP contribution is -2.48. The highest BCUT2D eigenvalue weighted by Crippen LogP contribution is 2.39. The van der Waals surface area contributed by atoms with Crippen molar-refractivity contribution in [2.75, 3.05) is 46.0 Å². The van der Waals surface area contributed by atoms with Gasteiger partial charge < -0.3 is 25.4 Å². The average Bonchev–Trinajstić information content (AvgIpc) is 3.41. The highest BCUT2D eigenvalue weighted by molar-refractivity contribution is 6.33. The molecule has 2 fully saturated rings. The number of benzene rings is 2. The Bertz CT molecular complexity index is 1890. The van der Waals surface area contributed by atoms with Crippen molar-refractivity contribution in [2.24, 2.45) is 5.92 Å². The van der Waals surface area contributed by atoms with Crippen molar-refractivity contribution in [2.45, 2.75) is 56.8 Å². The van der Waals surface area contributed by atoms with Gasteiger partial charge in [0.15, 0.2) is 0 Å². The zero-order valence-corrected chi connectivity index (χ0v) is 27.7. The summed E-state index contributed by atoms with van der Waals surface area (Å²) in [5, 5.41) is 0.604. The van der Waals surface area contributed by atoms with Crippen LogP contribution in [0.1, 0.15) is 49.3 Å². The number of nitrogens with zero attached hydrogens (tertiary/aromatic N) is 5. The molecule has 4 aromatic rings. The van der Waals surface area contributed by atoms with Crippen molar-refractivity contribution >= 4 is 51.0 Å². The number of nitrogens with one attached hydrogen (secondary N) is 1. The lowest BCUT2D eigenvalue weighted by molar-refractivity contribution is -0.143. The van der Waals surface area contributed by atoms with Crippen molar-refractivity contribution in [3.63, 3.8) is 0 Å². The second-order valence-corrected chi connectivity index (χ2v) is 13.5. The van der Waals surface area contributed by atoms with Crippen LogP contribution in [-0.2, 0) is 22.2 Å². The van der Waals surface area contributed by atoms with E-state index in [4.69, 9.17) is 17.3 Å². The zero-order valence-electron chi connectivity index (χ0n) is 26.9. The first-order chi connectivity index (χ1) is 22.8. The van der Waals surface area contributed by atoms with Crippen LogP contribution in [0, 0.1) is 5.92 Å². The Labute approximate surface area is 280 Å². The summed E-state index contributed by atoms with van der Waals surface area (Å²) in [6.45, 7) is 1.73. The average molecular weight is 686 g/mol. The summed E-state index contributed by atoms with van der Waals surface area (Å²) in [5.41, 5.74) is 6.17. The number of nitrogens with two attached hydrogens (primary N) is 1. The number of para-hydroxylation sites is 1. The minimum absolute atomic E-state index is 0.0938. The van der Waals surface area contributed by atoms with Gasteiger partial charge in [-0.1, -0.05) is 29.8 Å². The molecule has 2 aliphatic heterocycles. The number of aromatic nitrogens is 3. The molecule has 2 aromatic heterocycles. The molecule has 0 spiro atoms. The van der Waals surface area contributed by atoms with Crippen LogP contribution in [0.2, 0.25) is 5.02 Å². The number of nitrogen functional groups attached to an aromatic ring is 1. The second kappa shape index (κ2) is 13.4. The first-order valence-corrected chi connectivity index (χ1v) is 16.6. The van der Waals surface area contributed by atoms with Gasteiger partial charge in [-0.05, 0) is 70.0 Å². The topological polar surface area (TPSA) is 121 Å². The molecular weight excluding hydrogens is 647 g/mol. The molecule has 2 aromatic carbocycles. The van der Waals surface area contributed by atoms with Crippen LogP contribution in [0.5, 0.6) is 0 Å². The molecule has 2 amide bonds. The van der Waals surface area contributed by atoms with Gasteiger partial charge in [0, 0.05) is 50.1 Å². The minimum Gasteiger partial charge on any atom is -0.397 e. The number of carbonyl (C=O) groups excluding carboxylic acids is 2. The first-order valence-electron chi connectivity index (χ1n) is 16.2. The minimum atomic E-state index is -4.73. The number of alkyl halides is 3. The fourth-order valence-corrected chi connectivity index (χ4v) is 7.46.